The Hall–Kier alpha value is -1.53. The molecule has 0 radical (unpaired) electrons. The molecule has 1 fully saturated rings. The summed E-state index contributed by atoms with van der Waals surface area (Å²) in [7, 11) is 0. The third kappa shape index (κ3) is 7.03. The number of β-amino-alcohol motifs (C(OH)–C–C–N with tert-alkyl or cyclic N) is 1. The second kappa shape index (κ2) is 11.6. The Morgan fingerprint density at radius 2 is 1.52 bits per heavy atom. The van der Waals surface area contributed by atoms with Gasteiger partial charge in [-0.25, -0.2) is 4.39 Å². The third-order valence-electron chi connectivity index (χ3n) is 5.06. The fourth-order valence-corrected chi connectivity index (χ4v) is 3.77. The van der Waals surface area contributed by atoms with Crippen molar-refractivity contribution >= 4 is 30.5 Å². The molecule has 0 amide bonds. The molecule has 1 saturated heterocycles. The minimum atomic E-state index is -0.525. The molecule has 1 aliphatic heterocycles. The van der Waals surface area contributed by atoms with Crippen LogP contribution in [0.25, 0.3) is 0 Å². The average molecular weight is 445 g/mol. The number of nitrogens with zero attached hydrogens (tertiary/aromatic N) is 2. The van der Waals surface area contributed by atoms with Gasteiger partial charge < -0.3 is 14.7 Å². The second-order valence-corrected chi connectivity index (χ2v) is 7.46. The Balaban J connectivity index is 0.00000210. The number of ether oxygens (including phenoxy) is 1. The number of aryl methyl sites for hydroxylation is 3. The molecule has 1 atom stereocenters. The lowest BCUT2D eigenvalue weighted by atomic mass is 10.1. The van der Waals surface area contributed by atoms with Crippen LogP contribution in [0, 0.1) is 26.6 Å². The first-order valence-corrected chi connectivity index (χ1v) is 9.54. The molecular formula is C22H31Cl2FN2O2. The van der Waals surface area contributed by atoms with Crippen molar-refractivity contribution in [2.24, 2.45) is 0 Å². The molecule has 0 saturated carbocycles. The van der Waals surface area contributed by atoms with Crippen molar-refractivity contribution in [2.75, 3.05) is 44.2 Å². The third-order valence-corrected chi connectivity index (χ3v) is 5.06. The molecule has 2 aromatic carbocycles. The van der Waals surface area contributed by atoms with Crippen LogP contribution in [-0.4, -0.2) is 55.4 Å². The van der Waals surface area contributed by atoms with E-state index in [0.29, 0.717) is 13.2 Å². The number of halogens is 3. The molecule has 2 aromatic rings. The molecule has 1 N–H and O–H groups in total. The summed E-state index contributed by atoms with van der Waals surface area (Å²) in [6.45, 7) is 10.5. The number of rotatable bonds is 6. The largest absolute Gasteiger partial charge is 0.490 e. The van der Waals surface area contributed by atoms with Crippen LogP contribution in [-0.2, 0) is 0 Å². The molecule has 29 heavy (non-hydrogen) atoms. The maximum Gasteiger partial charge on any atom is 0.125 e. The summed E-state index contributed by atoms with van der Waals surface area (Å²) in [4.78, 5) is 4.50. The van der Waals surface area contributed by atoms with Gasteiger partial charge in [-0.1, -0.05) is 17.7 Å². The van der Waals surface area contributed by atoms with Crippen LogP contribution < -0.4 is 9.64 Å². The van der Waals surface area contributed by atoms with Crippen molar-refractivity contribution in [3.8, 4) is 5.75 Å². The van der Waals surface area contributed by atoms with Crippen molar-refractivity contribution < 1.29 is 14.2 Å². The summed E-state index contributed by atoms with van der Waals surface area (Å²) < 4.78 is 19.0. The van der Waals surface area contributed by atoms with Gasteiger partial charge in [0.1, 0.15) is 24.3 Å². The Morgan fingerprint density at radius 3 is 2.07 bits per heavy atom. The predicted molar refractivity (Wildman–Crippen MR) is 122 cm³/mol. The topological polar surface area (TPSA) is 35.9 Å². The lowest BCUT2D eigenvalue weighted by Gasteiger charge is -2.36. The van der Waals surface area contributed by atoms with Crippen LogP contribution in [0.1, 0.15) is 16.7 Å². The Morgan fingerprint density at radius 1 is 0.966 bits per heavy atom. The van der Waals surface area contributed by atoms with E-state index < -0.39 is 6.10 Å². The molecule has 0 spiro atoms. The molecule has 3 rings (SSSR count). The van der Waals surface area contributed by atoms with E-state index in [4.69, 9.17) is 4.74 Å². The van der Waals surface area contributed by atoms with Gasteiger partial charge in [0.25, 0.3) is 0 Å². The lowest BCUT2D eigenvalue weighted by molar-refractivity contribution is 0.0658. The van der Waals surface area contributed by atoms with Crippen LogP contribution in [0.5, 0.6) is 5.75 Å². The quantitative estimate of drug-likeness (QED) is 0.725. The Bertz CT molecular complexity index is 743. The first-order chi connectivity index (χ1) is 12.9. The van der Waals surface area contributed by atoms with Crippen LogP contribution in [0.15, 0.2) is 36.4 Å². The van der Waals surface area contributed by atoms with Crippen LogP contribution in [0.2, 0.25) is 0 Å². The van der Waals surface area contributed by atoms with Gasteiger partial charge in [0.15, 0.2) is 0 Å². The highest BCUT2D eigenvalue weighted by Crippen LogP contribution is 2.24. The van der Waals surface area contributed by atoms with Gasteiger partial charge in [-0.3, -0.25) is 4.90 Å². The Labute approximate surface area is 185 Å². The van der Waals surface area contributed by atoms with E-state index in [1.165, 1.54) is 17.7 Å². The van der Waals surface area contributed by atoms with Gasteiger partial charge in [-0.2, -0.15) is 0 Å². The van der Waals surface area contributed by atoms with Crippen molar-refractivity contribution in [3.63, 3.8) is 0 Å². The monoisotopic (exact) mass is 444 g/mol. The van der Waals surface area contributed by atoms with Gasteiger partial charge in [-0.15, -0.1) is 24.8 Å². The summed E-state index contributed by atoms with van der Waals surface area (Å²) in [6, 6.07) is 10.8. The summed E-state index contributed by atoms with van der Waals surface area (Å²) in [6.07, 6.45) is -0.525. The van der Waals surface area contributed by atoms with Crippen LogP contribution in [0.4, 0.5) is 10.1 Å². The van der Waals surface area contributed by atoms with Crippen LogP contribution in [0.3, 0.4) is 0 Å². The maximum absolute atomic E-state index is 13.1. The number of hydrogen-bond donors (Lipinski definition) is 1. The summed E-state index contributed by atoms with van der Waals surface area (Å²) in [5.74, 6) is 0.667. The van der Waals surface area contributed by atoms with Crippen molar-refractivity contribution in [2.45, 2.75) is 26.9 Å². The average Bonchev–Trinajstić information content (AvgIpc) is 2.62. The molecular weight excluding hydrogens is 414 g/mol. The fraction of sp³-hybridized carbons (Fsp3) is 0.455. The number of benzene rings is 2. The van der Waals surface area contributed by atoms with Crippen molar-refractivity contribution in [3.05, 3.63) is 58.9 Å². The first-order valence-electron chi connectivity index (χ1n) is 9.54. The highest BCUT2D eigenvalue weighted by Gasteiger charge is 2.20. The normalized spacial score (nSPS) is 15.3. The SMILES string of the molecule is Cc1cc(C)c(OCC(O)CN2CCN(c3ccc(F)cc3)CC2)c(C)c1.Cl.Cl. The van der Waals surface area contributed by atoms with Crippen LogP contribution >= 0.6 is 24.8 Å². The van der Waals surface area contributed by atoms with E-state index in [-0.39, 0.29) is 30.6 Å². The number of anilines is 1. The predicted octanol–water partition coefficient (Wildman–Crippen LogP) is 4.16. The summed E-state index contributed by atoms with van der Waals surface area (Å²) in [5.41, 5.74) is 4.47. The van der Waals surface area contributed by atoms with E-state index in [0.717, 1.165) is 48.7 Å². The molecule has 162 valence electrons. The van der Waals surface area contributed by atoms with E-state index in [2.05, 4.69) is 28.9 Å². The van der Waals surface area contributed by atoms with E-state index in [1.54, 1.807) is 0 Å². The molecule has 1 aliphatic rings. The molecule has 4 nitrogen and oxygen atoms in total. The van der Waals surface area contributed by atoms with Gasteiger partial charge in [0, 0.05) is 38.4 Å². The minimum Gasteiger partial charge on any atom is -0.490 e. The zero-order chi connectivity index (χ0) is 19.4. The molecule has 0 aromatic heterocycles. The van der Waals surface area contributed by atoms with Crippen molar-refractivity contribution in [1.82, 2.24) is 4.90 Å². The zero-order valence-electron chi connectivity index (χ0n) is 17.2. The second-order valence-electron chi connectivity index (χ2n) is 7.46. The van der Waals surface area contributed by atoms with Gasteiger partial charge in [0.05, 0.1) is 0 Å². The van der Waals surface area contributed by atoms with E-state index in [9.17, 15) is 9.50 Å². The lowest BCUT2D eigenvalue weighted by Crippen LogP contribution is -2.49. The number of piperazine rings is 1. The number of hydrogen-bond acceptors (Lipinski definition) is 4. The maximum atomic E-state index is 13.1. The van der Waals surface area contributed by atoms with Crippen molar-refractivity contribution in [1.29, 1.82) is 0 Å². The number of aliphatic hydroxyl groups is 1. The first kappa shape index (κ1) is 25.5. The Kier molecular flexibility index (Phi) is 10.2. The summed E-state index contributed by atoms with van der Waals surface area (Å²) in [5, 5.41) is 10.4. The fourth-order valence-electron chi connectivity index (χ4n) is 3.77. The van der Waals surface area contributed by atoms with Gasteiger partial charge >= 0.3 is 0 Å². The highest BCUT2D eigenvalue weighted by molar-refractivity contribution is 5.85. The van der Waals surface area contributed by atoms with Gasteiger partial charge in [-0.05, 0) is 56.2 Å². The summed E-state index contributed by atoms with van der Waals surface area (Å²) >= 11 is 0. The van der Waals surface area contributed by atoms with E-state index >= 15 is 0 Å². The smallest absolute Gasteiger partial charge is 0.125 e. The standard InChI is InChI=1S/C22H29FN2O2.2ClH/c1-16-12-17(2)22(18(3)13-16)27-15-21(26)14-24-8-10-25(11-9-24)20-6-4-19(23)5-7-20;;/h4-7,12-13,21,26H,8-11,14-15H2,1-3H3;2*1H. The number of aliphatic hydroxyl groups excluding tert-OH is 1. The molecule has 0 bridgehead atoms. The molecule has 0 aliphatic carbocycles. The van der Waals surface area contributed by atoms with Gasteiger partial charge in [0.2, 0.25) is 0 Å². The zero-order valence-corrected chi connectivity index (χ0v) is 18.9. The van der Waals surface area contributed by atoms with E-state index in [1.807, 2.05) is 26.0 Å². The highest BCUT2D eigenvalue weighted by atomic mass is 35.5. The molecule has 1 heterocycles. The molecule has 7 heteroatoms. The molecule has 1 unspecified atom stereocenters. The minimum absolute atomic E-state index is 0.